The molecule has 0 spiro atoms. The predicted octanol–water partition coefficient (Wildman–Crippen LogP) is 3.51. The third kappa shape index (κ3) is 4.08. The van der Waals surface area contributed by atoms with Crippen LogP contribution >= 0.6 is 0 Å². The van der Waals surface area contributed by atoms with Crippen molar-refractivity contribution in [3.8, 4) is 0 Å². The van der Waals surface area contributed by atoms with Gasteiger partial charge in [0.2, 0.25) is 0 Å². The van der Waals surface area contributed by atoms with Crippen LogP contribution in [0.4, 0.5) is 0 Å². The highest BCUT2D eigenvalue weighted by Gasteiger charge is 2.05. The number of hydrogen-bond donors (Lipinski definition) is 1. The zero-order valence-corrected chi connectivity index (χ0v) is 9.95. The molecule has 1 unspecified atom stereocenters. The van der Waals surface area contributed by atoms with Gasteiger partial charge < -0.3 is 9.67 Å². The van der Waals surface area contributed by atoms with E-state index in [1.807, 2.05) is 13.0 Å². The van der Waals surface area contributed by atoms with Crippen LogP contribution in [0, 0.1) is 0 Å². The van der Waals surface area contributed by atoms with Crippen molar-refractivity contribution in [3.05, 3.63) is 24.0 Å². The first-order valence-electron chi connectivity index (χ1n) is 6.11. The van der Waals surface area contributed by atoms with Crippen molar-refractivity contribution in [1.29, 1.82) is 0 Å². The summed E-state index contributed by atoms with van der Waals surface area (Å²) in [6, 6.07) is 2.02. The van der Waals surface area contributed by atoms with Gasteiger partial charge in [0.15, 0.2) is 0 Å². The summed E-state index contributed by atoms with van der Waals surface area (Å²) in [4.78, 5) is 0. The molecule has 0 bridgehead atoms. The minimum absolute atomic E-state index is 0.290. The Morgan fingerprint density at radius 1 is 1.27 bits per heavy atom. The molecular weight excluding hydrogens is 186 g/mol. The summed E-state index contributed by atoms with van der Waals surface area (Å²) in [5, 5.41) is 9.64. The van der Waals surface area contributed by atoms with Crippen molar-refractivity contribution in [3.63, 3.8) is 0 Å². The van der Waals surface area contributed by atoms with Crippen LogP contribution < -0.4 is 0 Å². The summed E-state index contributed by atoms with van der Waals surface area (Å²) < 4.78 is 2.18. The smallest absolute Gasteiger partial charge is 0.0802 e. The fraction of sp³-hybridized carbons (Fsp3) is 0.692. The van der Waals surface area contributed by atoms with E-state index in [0.717, 1.165) is 18.5 Å². The average molecular weight is 209 g/mol. The van der Waals surface area contributed by atoms with Crippen molar-refractivity contribution < 1.29 is 5.11 Å². The molecule has 1 atom stereocenters. The van der Waals surface area contributed by atoms with Gasteiger partial charge in [0.1, 0.15) is 0 Å². The van der Waals surface area contributed by atoms with Crippen LogP contribution in [0.5, 0.6) is 0 Å². The van der Waals surface area contributed by atoms with Gasteiger partial charge in [-0.3, -0.25) is 0 Å². The molecule has 0 radical (unpaired) electrons. The predicted molar refractivity (Wildman–Crippen MR) is 63.8 cm³/mol. The maximum absolute atomic E-state index is 9.64. The summed E-state index contributed by atoms with van der Waals surface area (Å²) in [6.45, 7) is 5.31. The van der Waals surface area contributed by atoms with E-state index in [1.54, 1.807) is 0 Å². The molecule has 0 aliphatic rings. The Morgan fingerprint density at radius 3 is 2.73 bits per heavy atom. The molecular formula is C13H23NO. The van der Waals surface area contributed by atoms with Gasteiger partial charge in [-0.25, -0.2) is 0 Å². The molecule has 1 heterocycles. The average Bonchev–Trinajstić information content (AvgIpc) is 2.72. The second-order valence-electron chi connectivity index (χ2n) is 4.17. The van der Waals surface area contributed by atoms with Gasteiger partial charge in [-0.2, -0.15) is 0 Å². The van der Waals surface area contributed by atoms with E-state index in [-0.39, 0.29) is 6.10 Å². The molecule has 0 saturated carbocycles. The van der Waals surface area contributed by atoms with Crippen LogP contribution in [0.3, 0.4) is 0 Å². The number of aliphatic hydroxyl groups is 1. The van der Waals surface area contributed by atoms with E-state index in [9.17, 15) is 5.11 Å². The molecule has 1 N–H and O–H groups in total. The van der Waals surface area contributed by atoms with E-state index >= 15 is 0 Å². The summed E-state index contributed by atoms with van der Waals surface area (Å²) >= 11 is 0. The zero-order chi connectivity index (χ0) is 11.1. The molecule has 0 saturated heterocycles. The lowest BCUT2D eigenvalue weighted by Crippen LogP contribution is -1.96. The number of unbranched alkanes of at least 4 members (excludes halogenated alkanes) is 3. The Kier molecular flexibility index (Phi) is 5.48. The first-order valence-corrected chi connectivity index (χ1v) is 6.11. The van der Waals surface area contributed by atoms with Crippen molar-refractivity contribution >= 4 is 0 Å². The number of nitrogens with zero attached hydrogens (tertiary/aromatic N) is 1. The Labute approximate surface area is 92.9 Å². The normalized spacial score (nSPS) is 13.0. The second-order valence-corrected chi connectivity index (χ2v) is 4.17. The van der Waals surface area contributed by atoms with Crippen molar-refractivity contribution in [2.45, 2.75) is 58.6 Å². The van der Waals surface area contributed by atoms with Crippen molar-refractivity contribution in [2.75, 3.05) is 0 Å². The molecule has 0 amide bonds. The topological polar surface area (TPSA) is 25.2 Å². The molecule has 86 valence electrons. The van der Waals surface area contributed by atoms with E-state index in [0.29, 0.717) is 0 Å². The summed E-state index contributed by atoms with van der Waals surface area (Å²) in [6.07, 6.45) is 9.80. The van der Waals surface area contributed by atoms with Crippen LogP contribution in [-0.4, -0.2) is 9.67 Å². The van der Waals surface area contributed by atoms with Gasteiger partial charge in [0, 0.05) is 18.9 Å². The Hall–Kier alpha value is -0.760. The molecule has 15 heavy (non-hydrogen) atoms. The summed E-state index contributed by atoms with van der Waals surface area (Å²) in [7, 11) is 0. The lowest BCUT2D eigenvalue weighted by Gasteiger charge is -2.04. The minimum atomic E-state index is -0.290. The van der Waals surface area contributed by atoms with E-state index in [4.69, 9.17) is 0 Å². The standard InChI is InChI=1S/C13H23NO/c1-3-5-6-7-9-14-10-8-12(11-14)13(15)4-2/h8,10-11,13,15H,3-7,9H2,1-2H3. The molecule has 0 aromatic carbocycles. The highest BCUT2D eigenvalue weighted by Crippen LogP contribution is 2.16. The van der Waals surface area contributed by atoms with Gasteiger partial charge in [-0.1, -0.05) is 33.1 Å². The maximum Gasteiger partial charge on any atom is 0.0802 e. The Balaban J connectivity index is 2.33. The van der Waals surface area contributed by atoms with Crippen LogP contribution in [-0.2, 0) is 6.54 Å². The van der Waals surface area contributed by atoms with Crippen LogP contribution in [0.2, 0.25) is 0 Å². The third-order valence-corrected chi connectivity index (χ3v) is 2.81. The highest BCUT2D eigenvalue weighted by atomic mass is 16.3. The molecule has 2 nitrogen and oxygen atoms in total. The number of hydrogen-bond acceptors (Lipinski definition) is 1. The van der Waals surface area contributed by atoms with Crippen LogP contribution in [0.25, 0.3) is 0 Å². The van der Waals surface area contributed by atoms with Gasteiger partial charge in [-0.15, -0.1) is 0 Å². The second kappa shape index (κ2) is 6.67. The third-order valence-electron chi connectivity index (χ3n) is 2.81. The van der Waals surface area contributed by atoms with E-state index in [1.165, 1.54) is 25.7 Å². The molecule has 1 aromatic rings. The number of aryl methyl sites for hydroxylation is 1. The van der Waals surface area contributed by atoms with Crippen molar-refractivity contribution in [2.24, 2.45) is 0 Å². The van der Waals surface area contributed by atoms with Gasteiger partial charge >= 0.3 is 0 Å². The fourth-order valence-electron chi connectivity index (χ4n) is 1.75. The molecule has 0 aliphatic heterocycles. The van der Waals surface area contributed by atoms with Crippen LogP contribution in [0.15, 0.2) is 18.5 Å². The first-order chi connectivity index (χ1) is 7.27. The van der Waals surface area contributed by atoms with Gasteiger partial charge in [-0.05, 0) is 24.5 Å². The molecule has 1 aromatic heterocycles. The summed E-state index contributed by atoms with van der Waals surface area (Å²) in [5.41, 5.74) is 1.05. The maximum atomic E-state index is 9.64. The highest BCUT2D eigenvalue weighted by molar-refractivity contribution is 5.13. The minimum Gasteiger partial charge on any atom is -0.388 e. The molecule has 2 heteroatoms. The number of aromatic nitrogens is 1. The lowest BCUT2D eigenvalue weighted by atomic mass is 10.1. The van der Waals surface area contributed by atoms with E-state index < -0.39 is 0 Å². The SMILES string of the molecule is CCCCCCn1ccc(C(O)CC)c1. The summed E-state index contributed by atoms with van der Waals surface area (Å²) in [5.74, 6) is 0. The van der Waals surface area contributed by atoms with Gasteiger partial charge in [0.25, 0.3) is 0 Å². The fourth-order valence-corrected chi connectivity index (χ4v) is 1.75. The Morgan fingerprint density at radius 2 is 2.07 bits per heavy atom. The van der Waals surface area contributed by atoms with Gasteiger partial charge in [0.05, 0.1) is 6.10 Å². The molecule has 0 fully saturated rings. The first kappa shape index (κ1) is 12.3. The molecule has 1 rings (SSSR count). The number of rotatable bonds is 7. The zero-order valence-electron chi connectivity index (χ0n) is 9.95. The monoisotopic (exact) mass is 209 g/mol. The van der Waals surface area contributed by atoms with E-state index in [2.05, 4.69) is 23.9 Å². The van der Waals surface area contributed by atoms with Crippen LogP contribution in [0.1, 0.15) is 57.6 Å². The lowest BCUT2D eigenvalue weighted by molar-refractivity contribution is 0.173. The van der Waals surface area contributed by atoms with Crippen molar-refractivity contribution in [1.82, 2.24) is 4.57 Å². The number of aliphatic hydroxyl groups excluding tert-OH is 1. The Bertz CT molecular complexity index is 267. The largest absolute Gasteiger partial charge is 0.388 e. The quantitative estimate of drug-likeness (QED) is 0.683. The molecule has 0 aliphatic carbocycles.